The number of aromatic nitrogens is 2. The second-order valence-electron chi connectivity index (χ2n) is 5.12. The molecule has 2 N–H and O–H groups in total. The van der Waals surface area contributed by atoms with Crippen molar-refractivity contribution in [2.75, 3.05) is 5.43 Å². The number of hydrogen-bond donors (Lipinski definition) is 2. The molecule has 2 heterocycles. The highest BCUT2D eigenvalue weighted by atomic mass is 32.2. The van der Waals surface area contributed by atoms with Crippen LogP contribution in [0.5, 0.6) is 0 Å². The van der Waals surface area contributed by atoms with Crippen molar-refractivity contribution in [3.63, 3.8) is 0 Å². The molecule has 0 aliphatic carbocycles. The molecule has 2 aromatic carbocycles. The number of fused-ring (bicyclic) bond motifs is 1. The number of carboxylic acids is 1. The van der Waals surface area contributed by atoms with Gasteiger partial charge >= 0.3 is 17.1 Å². The summed E-state index contributed by atoms with van der Waals surface area (Å²) in [6.07, 6.45) is 0. The van der Waals surface area contributed by atoms with Crippen molar-refractivity contribution < 1.29 is 14.3 Å². The minimum Gasteiger partial charge on any atom is -0.478 e. The first-order valence-corrected chi connectivity index (χ1v) is 7.90. The number of hydrogen-bond acceptors (Lipinski definition) is 7. The van der Waals surface area contributed by atoms with Gasteiger partial charge in [0.15, 0.2) is 5.58 Å². The van der Waals surface area contributed by atoms with E-state index in [1.54, 1.807) is 12.1 Å². The first-order chi connectivity index (χ1) is 12.0. The molecule has 2 aromatic heterocycles. The summed E-state index contributed by atoms with van der Waals surface area (Å²) in [4.78, 5) is 38.5. The van der Waals surface area contributed by atoms with Crippen LogP contribution in [-0.2, 0) is 0 Å². The number of rotatable bonds is 5. The number of nitrogens with zero attached hydrogens (tertiary/aromatic N) is 2. The molecule has 0 bridgehead atoms. The summed E-state index contributed by atoms with van der Waals surface area (Å²) in [5.41, 5.74) is 2.51. The predicted octanol–water partition coefficient (Wildman–Crippen LogP) is 1.95. The Bertz CT molecular complexity index is 1130. The van der Waals surface area contributed by atoms with Gasteiger partial charge in [0.1, 0.15) is 5.52 Å². The van der Waals surface area contributed by atoms with Crippen molar-refractivity contribution in [1.29, 1.82) is 0 Å². The van der Waals surface area contributed by atoms with E-state index in [1.165, 1.54) is 23.9 Å². The van der Waals surface area contributed by atoms with E-state index in [-0.39, 0.29) is 11.3 Å². The number of aromatic carboxylic acids is 1. The lowest BCUT2D eigenvalue weighted by Gasteiger charge is -2.08. The van der Waals surface area contributed by atoms with E-state index in [2.05, 4.69) is 10.4 Å². The SMILES string of the molecule is O=C(O)c1ccc(Sc2nc3ccccc3o2)cc1Nn1c(=O)c1=O. The molecule has 4 aromatic rings. The van der Waals surface area contributed by atoms with Gasteiger partial charge in [-0.25, -0.2) is 9.78 Å². The van der Waals surface area contributed by atoms with Crippen LogP contribution in [-0.4, -0.2) is 20.7 Å². The monoisotopic (exact) mass is 355 g/mol. The third kappa shape index (κ3) is 2.81. The van der Waals surface area contributed by atoms with Crippen molar-refractivity contribution in [2.24, 2.45) is 0 Å². The molecule has 25 heavy (non-hydrogen) atoms. The van der Waals surface area contributed by atoms with E-state index >= 15 is 0 Å². The minimum absolute atomic E-state index is 0.0607. The Morgan fingerprint density at radius 2 is 1.92 bits per heavy atom. The molecule has 9 heteroatoms. The molecule has 0 aliphatic rings. The van der Waals surface area contributed by atoms with E-state index in [0.29, 0.717) is 21.2 Å². The Morgan fingerprint density at radius 3 is 2.60 bits per heavy atom. The van der Waals surface area contributed by atoms with Crippen molar-refractivity contribution in [3.05, 3.63) is 68.7 Å². The smallest absolute Gasteiger partial charge is 0.340 e. The van der Waals surface area contributed by atoms with Crippen molar-refractivity contribution >= 4 is 34.5 Å². The number of para-hydroxylation sites is 2. The minimum atomic E-state index is -1.18. The highest BCUT2D eigenvalue weighted by Gasteiger charge is 2.20. The molecule has 0 fully saturated rings. The second-order valence-corrected chi connectivity index (χ2v) is 6.14. The maximum absolute atomic E-state index is 11.3. The van der Waals surface area contributed by atoms with Gasteiger partial charge in [0.2, 0.25) is 0 Å². The van der Waals surface area contributed by atoms with E-state index in [4.69, 9.17) is 4.42 Å². The molecule has 0 spiro atoms. The summed E-state index contributed by atoms with van der Waals surface area (Å²) in [6.45, 7) is 0. The van der Waals surface area contributed by atoms with E-state index in [0.717, 1.165) is 4.68 Å². The summed E-state index contributed by atoms with van der Waals surface area (Å²) < 4.78 is 6.36. The second kappa shape index (κ2) is 5.64. The van der Waals surface area contributed by atoms with Gasteiger partial charge in [-0.3, -0.25) is 15.0 Å². The molecule has 0 aliphatic heterocycles. The van der Waals surface area contributed by atoms with Crippen LogP contribution in [0.15, 0.2) is 66.6 Å². The van der Waals surface area contributed by atoms with Crippen LogP contribution in [0.4, 0.5) is 5.69 Å². The lowest BCUT2D eigenvalue weighted by atomic mass is 10.2. The van der Waals surface area contributed by atoms with E-state index in [1.807, 2.05) is 18.2 Å². The highest BCUT2D eigenvalue weighted by molar-refractivity contribution is 7.99. The Hall–Kier alpha value is -3.33. The van der Waals surface area contributed by atoms with Crippen molar-refractivity contribution in [2.45, 2.75) is 10.1 Å². The molecule has 0 amide bonds. The zero-order chi connectivity index (χ0) is 17.6. The largest absolute Gasteiger partial charge is 0.478 e. The quantitative estimate of drug-likeness (QED) is 0.522. The molecule has 124 valence electrons. The molecule has 0 saturated carbocycles. The third-order valence-electron chi connectivity index (χ3n) is 3.47. The Kier molecular flexibility index (Phi) is 3.43. The summed E-state index contributed by atoms with van der Waals surface area (Å²) in [5, 5.41) is 9.64. The van der Waals surface area contributed by atoms with Gasteiger partial charge in [0, 0.05) is 4.90 Å². The third-order valence-corrected chi connectivity index (χ3v) is 4.31. The zero-order valence-corrected chi connectivity index (χ0v) is 13.2. The number of oxazole rings is 1. The summed E-state index contributed by atoms with van der Waals surface area (Å²) in [6, 6.07) is 11.8. The topological polar surface area (TPSA) is 114 Å². The summed E-state index contributed by atoms with van der Waals surface area (Å²) in [5.74, 6) is -1.18. The number of carboxylic acid groups (broad SMARTS) is 1. The summed E-state index contributed by atoms with van der Waals surface area (Å²) >= 11 is 1.20. The van der Waals surface area contributed by atoms with Gasteiger partial charge in [0.25, 0.3) is 5.22 Å². The molecule has 0 saturated heterocycles. The van der Waals surface area contributed by atoms with Gasteiger partial charge < -0.3 is 9.52 Å². The standard InChI is InChI=1S/C16H9N3O5S/c20-13-14(21)19(13)18-11-7-8(5-6-9(11)15(22)23)25-16-17-10-3-1-2-4-12(10)24-16/h1-7,18H,(H,22,23). The number of benzene rings is 2. The molecule has 8 nitrogen and oxygen atoms in total. The lowest BCUT2D eigenvalue weighted by Crippen LogP contribution is -2.11. The van der Waals surface area contributed by atoms with Crippen molar-refractivity contribution in [3.8, 4) is 0 Å². The lowest BCUT2D eigenvalue weighted by molar-refractivity contribution is 0.0698. The van der Waals surface area contributed by atoms with Gasteiger partial charge in [-0.15, -0.1) is 0 Å². The molecular weight excluding hydrogens is 346 g/mol. The van der Waals surface area contributed by atoms with Crippen LogP contribution in [0.3, 0.4) is 0 Å². The van der Waals surface area contributed by atoms with Crippen LogP contribution in [0.1, 0.15) is 10.4 Å². The maximum atomic E-state index is 11.3. The maximum Gasteiger partial charge on any atom is 0.340 e. The van der Waals surface area contributed by atoms with Crippen LogP contribution in [0, 0.1) is 0 Å². The van der Waals surface area contributed by atoms with Gasteiger partial charge in [-0.2, -0.15) is 4.68 Å². The van der Waals surface area contributed by atoms with Gasteiger partial charge in [-0.05, 0) is 42.1 Å². The average molecular weight is 355 g/mol. The molecular formula is C16H9N3O5S. The summed E-state index contributed by atoms with van der Waals surface area (Å²) in [7, 11) is 0. The highest BCUT2D eigenvalue weighted by Crippen LogP contribution is 2.32. The first kappa shape index (κ1) is 15.2. The normalized spacial score (nSPS) is 11.2. The van der Waals surface area contributed by atoms with E-state index < -0.39 is 17.1 Å². The van der Waals surface area contributed by atoms with Crippen molar-refractivity contribution in [1.82, 2.24) is 9.66 Å². The average Bonchev–Trinajstić information content (AvgIpc) is 2.97. The Morgan fingerprint density at radius 1 is 1.16 bits per heavy atom. The van der Waals surface area contributed by atoms with Gasteiger partial charge in [0.05, 0.1) is 11.3 Å². The molecule has 4 rings (SSSR count). The predicted molar refractivity (Wildman–Crippen MR) is 89.9 cm³/mol. The molecule has 0 radical (unpaired) electrons. The number of carbonyl (C=O) groups is 1. The Balaban J connectivity index is 1.67. The number of anilines is 1. The van der Waals surface area contributed by atoms with Gasteiger partial charge in [-0.1, -0.05) is 12.1 Å². The van der Waals surface area contributed by atoms with Crippen LogP contribution >= 0.6 is 11.8 Å². The van der Waals surface area contributed by atoms with Crippen LogP contribution < -0.4 is 16.5 Å². The fraction of sp³-hybridized carbons (Fsp3) is 0. The van der Waals surface area contributed by atoms with E-state index in [9.17, 15) is 19.5 Å². The zero-order valence-electron chi connectivity index (χ0n) is 12.4. The van der Waals surface area contributed by atoms with Crippen LogP contribution in [0.2, 0.25) is 0 Å². The fourth-order valence-corrected chi connectivity index (χ4v) is 3.01. The first-order valence-electron chi connectivity index (χ1n) is 7.09. The fourth-order valence-electron chi connectivity index (χ4n) is 2.22. The Labute approximate surface area is 143 Å². The van der Waals surface area contributed by atoms with Crippen LogP contribution in [0.25, 0.3) is 11.1 Å². The molecule has 0 unspecified atom stereocenters. The molecule has 0 atom stereocenters. The number of nitrogens with one attached hydrogen (secondary N) is 1.